The third kappa shape index (κ3) is 2.51. The molecule has 0 unspecified atom stereocenters. The summed E-state index contributed by atoms with van der Waals surface area (Å²) in [6, 6.07) is 6.59. The van der Waals surface area contributed by atoms with Crippen LogP contribution in [0.15, 0.2) is 24.3 Å². The van der Waals surface area contributed by atoms with Gasteiger partial charge in [-0.1, -0.05) is 18.2 Å². The van der Waals surface area contributed by atoms with Gasteiger partial charge in [0.15, 0.2) is 0 Å². The highest BCUT2D eigenvalue weighted by Crippen LogP contribution is 2.33. The number of nitrogens with zero attached hydrogens (tertiary/aromatic N) is 1. The monoisotopic (exact) mass is 246 g/mol. The van der Waals surface area contributed by atoms with Gasteiger partial charge in [0.2, 0.25) is 0 Å². The molecule has 1 aromatic rings. The lowest BCUT2D eigenvalue weighted by atomic mass is 9.97. The summed E-state index contributed by atoms with van der Waals surface area (Å²) < 4.78 is 5.27. The van der Waals surface area contributed by atoms with Crippen molar-refractivity contribution in [3.05, 3.63) is 29.8 Å². The summed E-state index contributed by atoms with van der Waals surface area (Å²) >= 11 is 0. The first-order chi connectivity index (χ1) is 8.63. The van der Waals surface area contributed by atoms with Crippen molar-refractivity contribution in [3.8, 4) is 5.75 Å². The molecule has 0 amide bonds. The Hall–Kier alpha value is -1.48. The Morgan fingerprint density at radius 1 is 1.33 bits per heavy atom. The van der Waals surface area contributed by atoms with Crippen LogP contribution >= 0.6 is 0 Å². The molecule has 0 aliphatic carbocycles. The molecule has 0 radical (unpaired) electrons. The molecule has 98 valence electrons. The first-order valence-electron chi connectivity index (χ1n) is 6.49. The van der Waals surface area contributed by atoms with Crippen LogP contribution in [0, 0.1) is 0 Å². The Labute approximate surface area is 109 Å². The number of anilines is 1. The van der Waals surface area contributed by atoms with E-state index in [1.165, 1.54) is 5.57 Å². The third-order valence-corrected chi connectivity index (χ3v) is 3.60. The normalized spacial score (nSPS) is 16.8. The largest absolute Gasteiger partial charge is 0.495 e. The standard InChI is InChI=1S/C15H22N2O/c1-11(2)17-9-7-12(8-10-17)13-5-4-6-14(18-3)15(13)16/h4-7,11H,8-10,16H2,1-3H3. The fourth-order valence-corrected chi connectivity index (χ4v) is 2.40. The fraction of sp³-hybridized carbons (Fsp3) is 0.467. The molecular formula is C15H22N2O. The zero-order valence-electron chi connectivity index (χ0n) is 11.4. The topological polar surface area (TPSA) is 38.5 Å². The van der Waals surface area contributed by atoms with Crippen molar-refractivity contribution in [1.29, 1.82) is 0 Å². The highest BCUT2D eigenvalue weighted by molar-refractivity contribution is 5.79. The van der Waals surface area contributed by atoms with E-state index < -0.39 is 0 Å². The maximum absolute atomic E-state index is 6.14. The predicted molar refractivity (Wildman–Crippen MR) is 76.7 cm³/mol. The van der Waals surface area contributed by atoms with Gasteiger partial charge in [0.05, 0.1) is 12.8 Å². The number of nitrogen functional groups attached to an aromatic ring is 1. The number of para-hydroxylation sites is 1. The molecule has 3 heteroatoms. The van der Waals surface area contributed by atoms with Crippen LogP contribution in [0.3, 0.4) is 0 Å². The summed E-state index contributed by atoms with van der Waals surface area (Å²) in [5, 5.41) is 0. The predicted octanol–water partition coefficient (Wildman–Crippen LogP) is 2.77. The molecule has 0 atom stereocenters. The van der Waals surface area contributed by atoms with E-state index in [0.29, 0.717) is 6.04 Å². The summed E-state index contributed by atoms with van der Waals surface area (Å²) in [4.78, 5) is 2.46. The third-order valence-electron chi connectivity index (χ3n) is 3.60. The van der Waals surface area contributed by atoms with Crippen LogP contribution in [0.2, 0.25) is 0 Å². The van der Waals surface area contributed by atoms with E-state index in [1.54, 1.807) is 7.11 Å². The molecule has 2 N–H and O–H groups in total. The smallest absolute Gasteiger partial charge is 0.142 e. The molecule has 0 aromatic heterocycles. The second kappa shape index (κ2) is 5.44. The van der Waals surface area contributed by atoms with E-state index in [2.05, 4.69) is 30.9 Å². The van der Waals surface area contributed by atoms with Gasteiger partial charge in [0.1, 0.15) is 5.75 Å². The lowest BCUT2D eigenvalue weighted by Gasteiger charge is -2.30. The van der Waals surface area contributed by atoms with Gasteiger partial charge in [-0.3, -0.25) is 4.90 Å². The van der Waals surface area contributed by atoms with Gasteiger partial charge in [-0.25, -0.2) is 0 Å². The summed E-state index contributed by atoms with van der Waals surface area (Å²) in [7, 11) is 1.66. The first-order valence-corrected chi connectivity index (χ1v) is 6.49. The van der Waals surface area contributed by atoms with Crippen LogP contribution < -0.4 is 10.5 Å². The Morgan fingerprint density at radius 3 is 2.67 bits per heavy atom. The van der Waals surface area contributed by atoms with E-state index in [9.17, 15) is 0 Å². The maximum Gasteiger partial charge on any atom is 0.142 e. The molecule has 2 rings (SSSR count). The van der Waals surface area contributed by atoms with Gasteiger partial charge in [0, 0.05) is 24.7 Å². The van der Waals surface area contributed by atoms with Crippen molar-refractivity contribution >= 4 is 11.3 Å². The molecule has 0 bridgehead atoms. The Morgan fingerprint density at radius 2 is 2.11 bits per heavy atom. The number of hydrogen-bond donors (Lipinski definition) is 1. The van der Waals surface area contributed by atoms with Gasteiger partial charge in [-0.2, -0.15) is 0 Å². The molecule has 18 heavy (non-hydrogen) atoms. The van der Waals surface area contributed by atoms with Gasteiger partial charge in [-0.15, -0.1) is 0 Å². The van der Waals surface area contributed by atoms with Crippen LogP contribution in [0.5, 0.6) is 5.75 Å². The van der Waals surface area contributed by atoms with Crippen LogP contribution in [0.1, 0.15) is 25.8 Å². The molecule has 0 saturated heterocycles. The van der Waals surface area contributed by atoms with Crippen molar-refractivity contribution in [1.82, 2.24) is 4.90 Å². The minimum absolute atomic E-state index is 0.602. The SMILES string of the molecule is COc1cccc(C2=CCN(C(C)C)CC2)c1N. The number of rotatable bonds is 3. The maximum atomic E-state index is 6.14. The minimum Gasteiger partial charge on any atom is -0.495 e. The molecular weight excluding hydrogens is 224 g/mol. The average Bonchev–Trinajstić information content (AvgIpc) is 2.39. The second-order valence-corrected chi connectivity index (χ2v) is 4.99. The van der Waals surface area contributed by atoms with E-state index >= 15 is 0 Å². The van der Waals surface area contributed by atoms with Crippen LogP contribution in [-0.2, 0) is 0 Å². The van der Waals surface area contributed by atoms with Gasteiger partial charge in [0.25, 0.3) is 0 Å². The number of nitrogens with two attached hydrogens (primary N) is 1. The Kier molecular flexibility index (Phi) is 3.92. The molecule has 0 spiro atoms. The van der Waals surface area contributed by atoms with Gasteiger partial charge in [-0.05, 0) is 31.9 Å². The summed E-state index contributed by atoms with van der Waals surface area (Å²) in [5.74, 6) is 0.764. The summed E-state index contributed by atoms with van der Waals surface area (Å²) in [6.45, 7) is 6.57. The molecule has 1 aromatic carbocycles. The highest BCUT2D eigenvalue weighted by atomic mass is 16.5. The molecule has 0 saturated carbocycles. The second-order valence-electron chi connectivity index (χ2n) is 4.99. The summed E-state index contributed by atoms with van der Waals surface area (Å²) in [5.41, 5.74) is 9.35. The van der Waals surface area contributed by atoms with Crippen molar-refractivity contribution in [3.63, 3.8) is 0 Å². The number of benzene rings is 1. The highest BCUT2D eigenvalue weighted by Gasteiger charge is 2.17. The number of methoxy groups -OCH3 is 1. The first kappa shape index (κ1) is 13.0. The van der Waals surface area contributed by atoms with E-state index in [4.69, 9.17) is 10.5 Å². The summed E-state index contributed by atoms with van der Waals surface area (Å²) in [6.07, 6.45) is 3.34. The molecule has 1 heterocycles. The lowest BCUT2D eigenvalue weighted by Crippen LogP contribution is -2.34. The van der Waals surface area contributed by atoms with Crippen LogP contribution in [0.25, 0.3) is 5.57 Å². The van der Waals surface area contributed by atoms with E-state index in [0.717, 1.165) is 36.5 Å². The van der Waals surface area contributed by atoms with Crippen molar-refractivity contribution < 1.29 is 4.74 Å². The van der Waals surface area contributed by atoms with Crippen molar-refractivity contribution in [2.24, 2.45) is 0 Å². The average molecular weight is 246 g/mol. The molecule has 3 nitrogen and oxygen atoms in total. The number of ether oxygens (including phenoxy) is 1. The zero-order chi connectivity index (χ0) is 13.1. The van der Waals surface area contributed by atoms with Crippen LogP contribution in [-0.4, -0.2) is 31.1 Å². The quantitative estimate of drug-likeness (QED) is 0.833. The van der Waals surface area contributed by atoms with E-state index in [1.807, 2.05) is 12.1 Å². The molecule has 0 fully saturated rings. The minimum atomic E-state index is 0.602. The Bertz CT molecular complexity index is 452. The lowest BCUT2D eigenvalue weighted by molar-refractivity contribution is 0.245. The molecule has 1 aliphatic heterocycles. The number of hydrogen-bond acceptors (Lipinski definition) is 3. The Balaban J connectivity index is 2.23. The fourth-order valence-electron chi connectivity index (χ4n) is 2.40. The van der Waals surface area contributed by atoms with Crippen LogP contribution in [0.4, 0.5) is 5.69 Å². The van der Waals surface area contributed by atoms with Gasteiger partial charge >= 0.3 is 0 Å². The van der Waals surface area contributed by atoms with E-state index in [-0.39, 0.29) is 0 Å². The zero-order valence-corrected chi connectivity index (χ0v) is 11.4. The van der Waals surface area contributed by atoms with Gasteiger partial charge < -0.3 is 10.5 Å². The van der Waals surface area contributed by atoms with Crippen molar-refractivity contribution in [2.75, 3.05) is 25.9 Å². The van der Waals surface area contributed by atoms with Crippen molar-refractivity contribution in [2.45, 2.75) is 26.3 Å². The molecule has 1 aliphatic rings.